The van der Waals surface area contributed by atoms with Crippen LogP contribution in [0, 0.1) is 0 Å². The van der Waals surface area contributed by atoms with Crippen LogP contribution in [-0.4, -0.2) is 31.3 Å². The largest absolute Gasteiger partial charge is 0.292 e. The molecule has 0 fully saturated rings. The van der Waals surface area contributed by atoms with E-state index in [1.807, 2.05) is 41.2 Å². The average Bonchev–Trinajstić information content (AvgIpc) is 2.91. The molecule has 3 heterocycles. The van der Waals surface area contributed by atoms with Crippen LogP contribution in [0.25, 0.3) is 5.78 Å². The molecule has 0 aliphatic carbocycles. The number of fused-ring (bicyclic) bond motifs is 1. The van der Waals surface area contributed by atoms with Gasteiger partial charge in [0.05, 0.1) is 17.6 Å². The molecular formula is C15H17N5. The van der Waals surface area contributed by atoms with Crippen molar-refractivity contribution < 1.29 is 0 Å². The lowest BCUT2D eigenvalue weighted by Gasteiger charge is -2.23. The van der Waals surface area contributed by atoms with Crippen LogP contribution in [0.5, 0.6) is 0 Å². The molecule has 20 heavy (non-hydrogen) atoms. The Hall–Kier alpha value is -2.27. The molecule has 0 aliphatic rings. The van der Waals surface area contributed by atoms with Crippen molar-refractivity contribution in [1.29, 1.82) is 0 Å². The SMILES string of the molecule is CC(c1ccccn1)N(C)Cc1cnc2ncccn12. The van der Waals surface area contributed by atoms with Gasteiger partial charge in [0.1, 0.15) is 0 Å². The number of rotatable bonds is 4. The molecule has 1 atom stereocenters. The molecule has 3 rings (SSSR count). The monoisotopic (exact) mass is 267 g/mol. The highest BCUT2D eigenvalue weighted by molar-refractivity contribution is 5.30. The van der Waals surface area contributed by atoms with Gasteiger partial charge in [0.2, 0.25) is 5.78 Å². The average molecular weight is 267 g/mol. The van der Waals surface area contributed by atoms with E-state index < -0.39 is 0 Å². The number of hydrogen-bond donors (Lipinski definition) is 0. The lowest BCUT2D eigenvalue weighted by atomic mass is 10.2. The molecule has 0 spiro atoms. The quantitative estimate of drug-likeness (QED) is 0.728. The van der Waals surface area contributed by atoms with Gasteiger partial charge in [-0.1, -0.05) is 6.07 Å². The van der Waals surface area contributed by atoms with Crippen LogP contribution >= 0.6 is 0 Å². The summed E-state index contributed by atoms with van der Waals surface area (Å²) in [5.41, 5.74) is 2.19. The molecule has 5 nitrogen and oxygen atoms in total. The van der Waals surface area contributed by atoms with Crippen LogP contribution in [0.15, 0.2) is 49.1 Å². The molecule has 102 valence electrons. The van der Waals surface area contributed by atoms with E-state index in [1.165, 1.54) is 0 Å². The fraction of sp³-hybridized carbons (Fsp3) is 0.267. The second-order valence-electron chi connectivity index (χ2n) is 4.88. The maximum absolute atomic E-state index is 4.41. The first kappa shape index (κ1) is 12.7. The smallest absolute Gasteiger partial charge is 0.233 e. The summed E-state index contributed by atoms with van der Waals surface area (Å²) >= 11 is 0. The fourth-order valence-corrected chi connectivity index (χ4v) is 2.24. The molecule has 5 heteroatoms. The van der Waals surface area contributed by atoms with Gasteiger partial charge in [0.15, 0.2) is 0 Å². The van der Waals surface area contributed by atoms with Crippen molar-refractivity contribution in [3.63, 3.8) is 0 Å². The maximum atomic E-state index is 4.41. The summed E-state index contributed by atoms with van der Waals surface area (Å²) in [5, 5.41) is 0. The zero-order valence-corrected chi connectivity index (χ0v) is 11.6. The number of nitrogens with zero attached hydrogens (tertiary/aromatic N) is 5. The van der Waals surface area contributed by atoms with E-state index in [2.05, 4.69) is 39.9 Å². The molecule has 0 aromatic carbocycles. The van der Waals surface area contributed by atoms with Gasteiger partial charge < -0.3 is 0 Å². The van der Waals surface area contributed by atoms with E-state index in [9.17, 15) is 0 Å². The Morgan fingerprint density at radius 2 is 2.00 bits per heavy atom. The maximum Gasteiger partial charge on any atom is 0.233 e. The van der Waals surface area contributed by atoms with E-state index in [4.69, 9.17) is 0 Å². The van der Waals surface area contributed by atoms with Gasteiger partial charge in [0.25, 0.3) is 0 Å². The van der Waals surface area contributed by atoms with Crippen LogP contribution in [-0.2, 0) is 6.54 Å². The molecule has 0 saturated heterocycles. The Morgan fingerprint density at radius 3 is 2.80 bits per heavy atom. The standard InChI is InChI=1S/C15H17N5/c1-12(14-6-3-4-7-16-14)19(2)11-13-10-18-15-17-8-5-9-20(13)15/h3-10,12H,11H2,1-2H3. The summed E-state index contributed by atoms with van der Waals surface area (Å²) < 4.78 is 2.02. The zero-order valence-electron chi connectivity index (χ0n) is 11.6. The van der Waals surface area contributed by atoms with Gasteiger partial charge in [-0.25, -0.2) is 9.97 Å². The third-order valence-electron chi connectivity index (χ3n) is 3.55. The first-order valence-electron chi connectivity index (χ1n) is 6.64. The molecule has 0 N–H and O–H groups in total. The first-order valence-corrected chi connectivity index (χ1v) is 6.64. The normalized spacial score (nSPS) is 12.9. The lowest BCUT2D eigenvalue weighted by molar-refractivity contribution is 0.245. The molecule has 1 unspecified atom stereocenters. The second kappa shape index (κ2) is 5.38. The van der Waals surface area contributed by atoms with Crippen molar-refractivity contribution in [3.8, 4) is 0 Å². The van der Waals surface area contributed by atoms with Crippen molar-refractivity contribution in [2.24, 2.45) is 0 Å². The van der Waals surface area contributed by atoms with Gasteiger partial charge in [-0.2, -0.15) is 0 Å². The Kier molecular flexibility index (Phi) is 3.43. The van der Waals surface area contributed by atoms with Crippen molar-refractivity contribution in [2.45, 2.75) is 19.5 Å². The Labute approximate surface area is 117 Å². The van der Waals surface area contributed by atoms with Crippen molar-refractivity contribution in [1.82, 2.24) is 24.3 Å². The summed E-state index contributed by atoms with van der Waals surface area (Å²) in [6.07, 6.45) is 7.46. The number of aromatic nitrogens is 4. The number of hydrogen-bond acceptors (Lipinski definition) is 4. The van der Waals surface area contributed by atoms with Crippen molar-refractivity contribution >= 4 is 5.78 Å². The minimum atomic E-state index is 0.249. The minimum absolute atomic E-state index is 0.249. The molecule has 0 radical (unpaired) electrons. The highest BCUT2D eigenvalue weighted by Gasteiger charge is 2.14. The Morgan fingerprint density at radius 1 is 1.15 bits per heavy atom. The fourth-order valence-electron chi connectivity index (χ4n) is 2.24. The molecule has 0 aliphatic heterocycles. The Bertz CT molecular complexity index is 692. The summed E-state index contributed by atoms with van der Waals surface area (Å²) in [5.74, 6) is 0.737. The van der Waals surface area contributed by atoms with Gasteiger partial charge in [0, 0.05) is 31.2 Å². The molecular weight excluding hydrogens is 250 g/mol. The second-order valence-corrected chi connectivity index (χ2v) is 4.88. The van der Waals surface area contributed by atoms with Gasteiger partial charge in [-0.15, -0.1) is 0 Å². The molecule has 3 aromatic rings. The summed E-state index contributed by atoms with van der Waals surface area (Å²) in [7, 11) is 2.09. The Balaban J connectivity index is 1.80. The van der Waals surface area contributed by atoms with E-state index in [-0.39, 0.29) is 6.04 Å². The van der Waals surface area contributed by atoms with Crippen LogP contribution in [0.1, 0.15) is 24.4 Å². The first-order chi connectivity index (χ1) is 9.75. The minimum Gasteiger partial charge on any atom is -0.292 e. The van der Waals surface area contributed by atoms with Crippen LogP contribution in [0.4, 0.5) is 0 Å². The number of imidazole rings is 1. The van der Waals surface area contributed by atoms with Crippen molar-refractivity contribution in [2.75, 3.05) is 7.05 Å². The molecule has 0 bridgehead atoms. The van der Waals surface area contributed by atoms with E-state index in [1.54, 1.807) is 6.20 Å². The molecule has 3 aromatic heterocycles. The van der Waals surface area contributed by atoms with E-state index >= 15 is 0 Å². The highest BCUT2D eigenvalue weighted by atomic mass is 15.2. The summed E-state index contributed by atoms with van der Waals surface area (Å²) in [6.45, 7) is 2.95. The topological polar surface area (TPSA) is 46.3 Å². The third-order valence-corrected chi connectivity index (χ3v) is 3.55. The van der Waals surface area contributed by atoms with Crippen LogP contribution in [0.2, 0.25) is 0 Å². The van der Waals surface area contributed by atoms with Crippen molar-refractivity contribution in [3.05, 3.63) is 60.4 Å². The van der Waals surface area contributed by atoms with Gasteiger partial charge >= 0.3 is 0 Å². The van der Waals surface area contributed by atoms with Gasteiger partial charge in [-0.05, 0) is 32.2 Å². The van der Waals surface area contributed by atoms with Gasteiger partial charge in [-0.3, -0.25) is 14.3 Å². The van der Waals surface area contributed by atoms with E-state index in [0.29, 0.717) is 0 Å². The van der Waals surface area contributed by atoms with E-state index in [0.717, 1.165) is 23.7 Å². The van der Waals surface area contributed by atoms with Crippen LogP contribution < -0.4 is 0 Å². The summed E-state index contributed by atoms with van der Waals surface area (Å²) in [6, 6.07) is 8.17. The highest BCUT2D eigenvalue weighted by Crippen LogP contribution is 2.18. The predicted molar refractivity (Wildman–Crippen MR) is 77.1 cm³/mol. The third kappa shape index (κ3) is 2.40. The van der Waals surface area contributed by atoms with Crippen LogP contribution in [0.3, 0.4) is 0 Å². The summed E-state index contributed by atoms with van der Waals surface area (Å²) in [4.78, 5) is 15.2. The molecule has 0 amide bonds. The number of pyridine rings is 1. The molecule has 0 saturated carbocycles. The lowest BCUT2D eigenvalue weighted by Crippen LogP contribution is -2.23. The predicted octanol–water partition coefficient (Wildman–Crippen LogP) is 2.32. The zero-order chi connectivity index (χ0) is 13.9.